The fourth-order valence-corrected chi connectivity index (χ4v) is 5.75. The third-order valence-corrected chi connectivity index (χ3v) is 8.12. The van der Waals surface area contributed by atoms with E-state index in [0.29, 0.717) is 55.0 Å². The van der Waals surface area contributed by atoms with Gasteiger partial charge in [-0.15, -0.1) is 0 Å². The Morgan fingerprint density at radius 1 is 0.980 bits per heavy atom. The number of hydrogen-bond donors (Lipinski definition) is 3. The van der Waals surface area contributed by atoms with Crippen LogP contribution in [-0.4, -0.2) is 102 Å². The van der Waals surface area contributed by atoms with E-state index in [-0.39, 0.29) is 0 Å². The Balaban J connectivity index is 0.00000230. The summed E-state index contributed by atoms with van der Waals surface area (Å²) >= 11 is 0. The number of fused-ring (bicyclic) bond motifs is 1. The van der Waals surface area contributed by atoms with E-state index in [0.717, 1.165) is 67.1 Å². The van der Waals surface area contributed by atoms with Gasteiger partial charge in [-0.05, 0) is 45.0 Å². The Morgan fingerprint density at radius 2 is 1.69 bits per heavy atom. The second kappa shape index (κ2) is 16.2. The van der Waals surface area contributed by atoms with E-state index in [4.69, 9.17) is 34.7 Å². The summed E-state index contributed by atoms with van der Waals surface area (Å²) in [5.41, 5.74) is 4.88. The van der Waals surface area contributed by atoms with Crippen LogP contribution in [0.25, 0.3) is 22.2 Å². The van der Waals surface area contributed by atoms with Crippen LogP contribution in [0.1, 0.15) is 45.9 Å². The number of ether oxygens (including phenoxy) is 3. The average molecular weight is 672 g/mol. The monoisotopic (exact) mass is 671 g/mol. The number of anilines is 4. The molecule has 1 amide bonds. The molecule has 49 heavy (non-hydrogen) atoms. The van der Waals surface area contributed by atoms with Crippen LogP contribution < -0.4 is 15.5 Å². The number of carbonyl (C=O) groups excluding carboxylic acids is 1. The number of nitrogens with zero attached hydrogens (tertiary/aromatic N) is 6. The molecule has 6 rings (SSSR count). The highest BCUT2D eigenvalue weighted by molar-refractivity contribution is 5.95. The van der Waals surface area contributed by atoms with Crippen molar-refractivity contribution in [1.29, 1.82) is 5.41 Å². The summed E-state index contributed by atoms with van der Waals surface area (Å²) in [6.07, 6.45) is 1.48. The molecule has 2 aliphatic rings. The Hall–Kier alpha value is -4.59. The topological polar surface area (TPSA) is 143 Å². The minimum Gasteiger partial charge on any atom is -0.444 e. The van der Waals surface area contributed by atoms with Crippen molar-refractivity contribution in [2.75, 3.05) is 74.7 Å². The van der Waals surface area contributed by atoms with Crippen LogP contribution in [0, 0.1) is 5.41 Å². The first kappa shape index (κ1) is 35.7. The molecule has 13 heteroatoms. The van der Waals surface area contributed by atoms with Crippen molar-refractivity contribution in [2.24, 2.45) is 7.05 Å². The number of carbonyl (C=O) groups is 1. The van der Waals surface area contributed by atoms with Gasteiger partial charge >= 0.3 is 6.09 Å². The molecular formula is C36H49N9O4. The van der Waals surface area contributed by atoms with Crippen LogP contribution in [0.15, 0.2) is 42.5 Å². The zero-order valence-corrected chi connectivity index (χ0v) is 29.5. The fraction of sp³-hybridized carbons (Fsp3) is 0.472. The highest BCUT2D eigenvalue weighted by atomic mass is 16.6. The Bertz CT molecular complexity index is 1740. The van der Waals surface area contributed by atoms with Gasteiger partial charge in [0.25, 0.3) is 0 Å². The quantitative estimate of drug-likeness (QED) is 0.185. The summed E-state index contributed by atoms with van der Waals surface area (Å²) in [7, 11) is 1.98. The molecule has 4 aromatic rings. The third-order valence-electron chi connectivity index (χ3n) is 8.12. The number of aryl methyl sites for hydroxylation is 1. The molecular weight excluding hydrogens is 622 g/mol. The largest absolute Gasteiger partial charge is 0.444 e. The SMILES string of the molecule is CC.Cn1nc(CCN2CCOCC2)c2ccc(-c3cc(Nc4ccc(C=N)c(NC(=O)OC(C)(C)C)c4)nc(N4CCOCC4)n3)cc21. The number of hydrogen-bond acceptors (Lipinski definition) is 11. The van der Waals surface area contributed by atoms with Crippen LogP contribution in [0.4, 0.5) is 27.9 Å². The lowest BCUT2D eigenvalue weighted by atomic mass is 10.1. The molecule has 0 spiro atoms. The number of amides is 1. The molecule has 0 saturated carbocycles. The van der Waals surface area contributed by atoms with E-state index in [2.05, 4.69) is 38.6 Å². The number of rotatable bonds is 9. The molecule has 262 valence electrons. The van der Waals surface area contributed by atoms with Gasteiger partial charge in [0.15, 0.2) is 0 Å². The molecule has 13 nitrogen and oxygen atoms in total. The number of nitrogens with one attached hydrogen (secondary N) is 3. The molecule has 3 N–H and O–H groups in total. The van der Waals surface area contributed by atoms with Crippen molar-refractivity contribution in [2.45, 2.75) is 46.6 Å². The zero-order chi connectivity index (χ0) is 35.0. The first-order valence-electron chi connectivity index (χ1n) is 17.0. The second-order valence-corrected chi connectivity index (χ2v) is 12.7. The summed E-state index contributed by atoms with van der Waals surface area (Å²) in [5.74, 6) is 1.20. The van der Waals surface area contributed by atoms with Crippen molar-refractivity contribution in [3.8, 4) is 11.3 Å². The second-order valence-electron chi connectivity index (χ2n) is 12.7. The molecule has 2 aromatic carbocycles. The zero-order valence-electron chi connectivity index (χ0n) is 29.5. The molecule has 0 atom stereocenters. The van der Waals surface area contributed by atoms with Gasteiger partial charge in [0.1, 0.15) is 11.4 Å². The molecule has 0 bridgehead atoms. The lowest BCUT2D eigenvalue weighted by Gasteiger charge is -2.27. The molecule has 0 aliphatic carbocycles. The summed E-state index contributed by atoms with van der Waals surface area (Å²) in [6.45, 7) is 16.4. The van der Waals surface area contributed by atoms with Crippen LogP contribution in [0.3, 0.4) is 0 Å². The van der Waals surface area contributed by atoms with E-state index in [1.165, 1.54) is 6.21 Å². The molecule has 0 unspecified atom stereocenters. The minimum absolute atomic E-state index is 0.452. The van der Waals surface area contributed by atoms with Gasteiger partial charge in [-0.1, -0.05) is 26.0 Å². The van der Waals surface area contributed by atoms with Gasteiger partial charge in [-0.3, -0.25) is 14.9 Å². The summed E-state index contributed by atoms with van der Waals surface area (Å²) in [6, 6.07) is 13.7. The van der Waals surface area contributed by atoms with Crippen molar-refractivity contribution in [3.63, 3.8) is 0 Å². The molecule has 0 radical (unpaired) electrons. The fourth-order valence-electron chi connectivity index (χ4n) is 5.75. The van der Waals surface area contributed by atoms with Gasteiger partial charge in [-0.25, -0.2) is 9.78 Å². The Labute approximate surface area is 288 Å². The molecule has 4 heterocycles. The van der Waals surface area contributed by atoms with Crippen molar-refractivity contribution in [1.82, 2.24) is 24.6 Å². The van der Waals surface area contributed by atoms with E-state index in [9.17, 15) is 4.79 Å². The van der Waals surface area contributed by atoms with E-state index < -0.39 is 11.7 Å². The van der Waals surface area contributed by atoms with E-state index in [1.54, 1.807) is 32.9 Å². The van der Waals surface area contributed by atoms with Crippen LogP contribution in [0.2, 0.25) is 0 Å². The highest BCUT2D eigenvalue weighted by Crippen LogP contribution is 2.30. The molecule has 2 saturated heterocycles. The van der Waals surface area contributed by atoms with Gasteiger partial charge in [0.05, 0.1) is 49.0 Å². The molecule has 2 aromatic heterocycles. The number of morpholine rings is 2. The van der Waals surface area contributed by atoms with Crippen LogP contribution >= 0.6 is 0 Å². The molecule has 2 aliphatic heterocycles. The Kier molecular flexibility index (Phi) is 11.8. The van der Waals surface area contributed by atoms with Gasteiger partial charge < -0.3 is 29.8 Å². The van der Waals surface area contributed by atoms with Gasteiger partial charge in [0, 0.05) is 80.7 Å². The maximum Gasteiger partial charge on any atom is 0.412 e. The summed E-state index contributed by atoms with van der Waals surface area (Å²) in [5, 5.41) is 20.0. The van der Waals surface area contributed by atoms with Gasteiger partial charge in [-0.2, -0.15) is 10.1 Å². The predicted octanol–water partition coefficient (Wildman–Crippen LogP) is 5.86. The number of aromatic nitrogens is 4. The standard InChI is InChI=1S/C34H43N9O4.C2H6/c1-34(2,3)47-33(44)38-28-20-25(7-5-24(28)22-35)36-31-21-29(37-32(39-31)43-13-17-46-18-14-43)23-6-8-26-27(40-41(4)30(26)19-23)9-10-42-11-15-45-16-12-42;1-2/h5-8,19-22,35H,9-18H2,1-4H3,(H,38,44)(H,36,37,39);1-2H3. The van der Waals surface area contributed by atoms with E-state index >= 15 is 0 Å². The van der Waals surface area contributed by atoms with Crippen molar-refractivity contribution in [3.05, 3.63) is 53.7 Å². The maximum atomic E-state index is 12.5. The van der Waals surface area contributed by atoms with Crippen LogP contribution in [-0.2, 0) is 27.7 Å². The van der Waals surface area contributed by atoms with Crippen molar-refractivity contribution >= 4 is 46.4 Å². The summed E-state index contributed by atoms with van der Waals surface area (Å²) in [4.78, 5) is 27.0. The number of benzene rings is 2. The first-order valence-corrected chi connectivity index (χ1v) is 17.0. The maximum absolute atomic E-state index is 12.5. The van der Waals surface area contributed by atoms with Crippen molar-refractivity contribution < 1.29 is 19.0 Å². The Morgan fingerprint density at radius 3 is 2.39 bits per heavy atom. The minimum atomic E-state index is -0.652. The normalized spacial score (nSPS) is 15.3. The third kappa shape index (κ3) is 9.31. The summed E-state index contributed by atoms with van der Waals surface area (Å²) < 4.78 is 18.5. The average Bonchev–Trinajstić information content (AvgIpc) is 3.42. The highest BCUT2D eigenvalue weighted by Gasteiger charge is 2.20. The smallest absolute Gasteiger partial charge is 0.412 e. The molecule has 2 fully saturated rings. The van der Waals surface area contributed by atoms with Gasteiger partial charge in [0.2, 0.25) is 5.95 Å². The van der Waals surface area contributed by atoms with E-state index in [1.807, 2.05) is 37.7 Å². The lowest BCUT2D eigenvalue weighted by molar-refractivity contribution is 0.0383. The first-order chi connectivity index (χ1) is 23.6. The predicted molar refractivity (Wildman–Crippen MR) is 195 cm³/mol. The van der Waals surface area contributed by atoms with Crippen LogP contribution in [0.5, 0.6) is 0 Å². The lowest BCUT2D eigenvalue weighted by Crippen LogP contribution is -2.37.